The van der Waals surface area contributed by atoms with Gasteiger partial charge in [0, 0.05) is 15.7 Å². The van der Waals surface area contributed by atoms with Gasteiger partial charge in [-0.1, -0.05) is 31.9 Å². The molecule has 0 N–H and O–H groups in total. The molecular formula is C7H8Br2O2. The third-order valence-electron chi connectivity index (χ3n) is 1.60. The minimum atomic E-state index is -0.191. The standard InChI is InChI=1S/C7H8Br2O2/c1-4(9)6-5(2-8)3-11-7(6)10/h5H,2-3H2,1H3/b6-4+. The molecule has 1 rings (SSSR count). The lowest BCUT2D eigenvalue weighted by Gasteiger charge is -2.02. The molecule has 0 aromatic carbocycles. The molecule has 62 valence electrons. The fourth-order valence-corrected chi connectivity index (χ4v) is 2.04. The molecule has 0 amide bonds. The maximum absolute atomic E-state index is 11.1. The van der Waals surface area contributed by atoms with Crippen LogP contribution in [0.3, 0.4) is 0 Å². The molecule has 11 heavy (non-hydrogen) atoms. The molecule has 1 saturated heterocycles. The predicted octanol–water partition coefficient (Wildman–Crippen LogP) is 2.22. The van der Waals surface area contributed by atoms with Gasteiger partial charge in [0.1, 0.15) is 0 Å². The summed E-state index contributed by atoms with van der Waals surface area (Å²) in [6, 6.07) is 0. The van der Waals surface area contributed by atoms with Gasteiger partial charge in [0.2, 0.25) is 0 Å². The first-order valence-electron chi connectivity index (χ1n) is 3.26. The molecule has 1 aliphatic heterocycles. The summed E-state index contributed by atoms with van der Waals surface area (Å²) in [5.74, 6) is 0.0192. The molecule has 4 heteroatoms. The lowest BCUT2D eigenvalue weighted by molar-refractivity contribution is -0.135. The van der Waals surface area contributed by atoms with E-state index in [0.29, 0.717) is 6.61 Å². The first kappa shape index (κ1) is 9.26. The van der Waals surface area contributed by atoms with Crippen LogP contribution >= 0.6 is 31.9 Å². The van der Waals surface area contributed by atoms with Crippen LogP contribution in [0.1, 0.15) is 6.92 Å². The van der Waals surface area contributed by atoms with Crippen LogP contribution in [0.2, 0.25) is 0 Å². The molecule has 0 aromatic rings. The minimum absolute atomic E-state index is 0.191. The van der Waals surface area contributed by atoms with E-state index in [0.717, 1.165) is 15.4 Å². The summed E-state index contributed by atoms with van der Waals surface area (Å²) >= 11 is 6.61. The zero-order valence-electron chi connectivity index (χ0n) is 6.06. The molecule has 1 atom stereocenters. The number of carbonyl (C=O) groups is 1. The number of cyclic esters (lactones) is 1. The Kier molecular flexibility index (Phi) is 3.13. The number of carbonyl (C=O) groups excluding carboxylic acids is 1. The number of alkyl halides is 1. The molecule has 0 aliphatic carbocycles. The molecule has 2 nitrogen and oxygen atoms in total. The molecule has 0 saturated carbocycles. The van der Waals surface area contributed by atoms with Gasteiger partial charge in [-0.05, 0) is 6.92 Å². The van der Waals surface area contributed by atoms with Crippen molar-refractivity contribution in [1.82, 2.24) is 0 Å². The van der Waals surface area contributed by atoms with E-state index < -0.39 is 0 Å². The number of halogens is 2. The van der Waals surface area contributed by atoms with E-state index in [-0.39, 0.29) is 11.9 Å². The third-order valence-corrected chi connectivity index (χ3v) is 2.81. The maximum Gasteiger partial charge on any atom is 0.335 e. The van der Waals surface area contributed by atoms with Gasteiger partial charge in [-0.2, -0.15) is 0 Å². The number of rotatable bonds is 1. The second-order valence-corrected chi connectivity index (χ2v) is 4.23. The molecule has 0 aromatic heterocycles. The fraction of sp³-hybridized carbons (Fsp3) is 0.571. The molecule has 1 heterocycles. The van der Waals surface area contributed by atoms with Gasteiger partial charge in [-0.15, -0.1) is 0 Å². The van der Waals surface area contributed by atoms with Crippen LogP contribution in [0, 0.1) is 5.92 Å². The van der Waals surface area contributed by atoms with Crippen LogP contribution < -0.4 is 0 Å². The van der Waals surface area contributed by atoms with Crippen molar-refractivity contribution in [2.75, 3.05) is 11.9 Å². The summed E-state index contributed by atoms with van der Waals surface area (Å²) in [6.07, 6.45) is 0. The van der Waals surface area contributed by atoms with Crippen molar-refractivity contribution >= 4 is 37.8 Å². The Bertz CT molecular complexity index is 206. The lowest BCUT2D eigenvalue weighted by Crippen LogP contribution is -2.05. The van der Waals surface area contributed by atoms with Crippen molar-refractivity contribution in [2.45, 2.75) is 6.92 Å². The minimum Gasteiger partial charge on any atom is -0.462 e. The van der Waals surface area contributed by atoms with Gasteiger partial charge in [0.25, 0.3) is 0 Å². The Labute approximate surface area is 82.2 Å². The smallest absolute Gasteiger partial charge is 0.335 e. The Balaban J connectivity index is 2.89. The SMILES string of the molecule is C/C(Br)=C1\C(=O)OCC1CBr. The summed E-state index contributed by atoms with van der Waals surface area (Å²) in [6.45, 7) is 2.36. The zero-order chi connectivity index (χ0) is 8.43. The summed E-state index contributed by atoms with van der Waals surface area (Å²) in [7, 11) is 0. The zero-order valence-corrected chi connectivity index (χ0v) is 9.24. The van der Waals surface area contributed by atoms with Gasteiger partial charge < -0.3 is 4.74 Å². The Morgan fingerprint density at radius 1 is 1.82 bits per heavy atom. The van der Waals surface area contributed by atoms with Crippen LogP contribution in [-0.4, -0.2) is 17.9 Å². The highest BCUT2D eigenvalue weighted by Crippen LogP contribution is 2.28. The van der Waals surface area contributed by atoms with Gasteiger partial charge in [0.05, 0.1) is 12.2 Å². The Morgan fingerprint density at radius 3 is 2.82 bits per heavy atom. The van der Waals surface area contributed by atoms with Gasteiger partial charge in [0.15, 0.2) is 0 Å². The average Bonchev–Trinajstić information content (AvgIpc) is 2.30. The van der Waals surface area contributed by atoms with E-state index in [9.17, 15) is 4.79 Å². The molecule has 0 bridgehead atoms. The first-order valence-corrected chi connectivity index (χ1v) is 5.17. The number of hydrogen-bond acceptors (Lipinski definition) is 2. The van der Waals surface area contributed by atoms with Crippen LogP contribution in [-0.2, 0) is 9.53 Å². The second-order valence-electron chi connectivity index (χ2n) is 2.40. The number of ether oxygens (including phenoxy) is 1. The van der Waals surface area contributed by atoms with Crippen LogP contribution in [0.25, 0.3) is 0 Å². The van der Waals surface area contributed by atoms with Crippen molar-refractivity contribution in [1.29, 1.82) is 0 Å². The fourth-order valence-electron chi connectivity index (χ4n) is 1.05. The molecule has 0 spiro atoms. The highest BCUT2D eigenvalue weighted by Gasteiger charge is 2.30. The quantitative estimate of drug-likeness (QED) is 0.419. The van der Waals surface area contributed by atoms with Crippen LogP contribution in [0.15, 0.2) is 10.1 Å². The van der Waals surface area contributed by atoms with E-state index in [4.69, 9.17) is 4.74 Å². The molecule has 1 fully saturated rings. The molecule has 1 unspecified atom stereocenters. The maximum atomic E-state index is 11.1. The van der Waals surface area contributed by atoms with E-state index >= 15 is 0 Å². The summed E-state index contributed by atoms with van der Waals surface area (Å²) < 4.78 is 5.75. The van der Waals surface area contributed by atoms with E-state index in [1.54, 1.807) is 0 Å². The predicted molar refractivity (Wildman–Crippen MR) is 49.9 cm³/mol. The normalized spacial score (nSPS) is 28.6. The lowest BCUT2D eigenvalue weighted by atomic mass is 10.1. The van der Waals surface area contributed by atoms with E-state index in [2.05, 4.69) is 31.9 Å². The second kappa shape index (κ2) is 3.72. The number of allylic oxidation sites excluding steroid dienone is 1. The van der Waals surface area contributed by atoms with Crippen molar-refractivity contribution in [3.63, 3.8) is 0 Å². The summed E-state index contributed by atoms with van der Waals surface area (Å²) in [4.78, 5) is 11.1. The highest BCUT2D eigenvalue weighted by atomic mass is 79.9. The molecule has 1 aliphatic rings. The van der Waals surface area contributed by atoms with Crippen molar-refractivity contribution in [3.8, 4) is 0 Å². The Morgan fingerprint density at radius 2 is 2.45 bits per heavy atom. The third kappa shape index (κ3) is 1.85. The van der Waals surface area contributed by atoms with Crippen LogP contribution in [0.5, 0.6) is 0 Å². The highest BCUT2D eigenvalue weighted by molar-refractivity contribution is 9.11. The van der Waals surface area contributed by atoms with Crippen molar-refractivity contribution < 1.29 is 9.53 Å². The summed E-state index contributed by atoms with van der Waals surface area (Å²) in [5.41, 5.74) is 0.766. The summed E-state index contributed by atoms with van der Waals surface area (Å²) in [5, 5.41) is 0.775. The van der Waals surface area contributed by atoms with Crippen molar-refractivity contribution in [2.24, 2.45) is 5.92 Å². The molecular weight excluding hydrogens is 276 g/mol. The number of hydrogen-bond donors (Lipinski definition) is 0. The largest absolute Gasteiger partial charge is 0.462 e. The van der Waals surface area contributed by atoms with Gasteiger partial charge in [-0.25, -0.2) is 4.79 Å². The monoisotopic (exact) mass is 282 g/mol. The average molecular weight is 284 g/mol. The first-order chi connectivity index (χ1) is 5.16. The Hall–Kier alpha value is 0.170. The van der Waals surface area contributed by atoms with Gasteiger partial charge in [-0.3, -0.25) is 0 Å². The van der Waals surface area contributed by atoms with Crippen molar-refractivity contribution in [3.05, 3.63) is 10.1 Å². The topological polar surface area (TPSA) is 26.3 Å². The number of esters is 1. The van der Waals surface area contributed by atoms with Crippen LogP contribution in [0.4, 0.5) is 0 Å². The van der Waals surface area contributed by atoms with E-state index in [1.807, 2.05) is 6.92 Å². The van der Waals surface area contributed by atoms with Gasteiger partial charge >= 0.3 is 5.97 Å². The van der Waals surface area contributed by atoms with E-state index in [1.165, 1.54) is 0 Å². The molecule has 0 radical (unpaired) electrons.